The van der Waals surface area contributed by atoms with E-state index in [1.807, 2.05) is 38.1 Å². The van der Waals surface area contributed by atoms with Crippen molar-refractivity contribution in [2.45, 2.75) is 65.3 Å². The molecule has 1 aliphatic rings. The van der Waals surface area contributed by atoms with Gasteiger partial charge in [0.15, 0.2) is 5.13 Å². The highest BCUT2D eigenvalue weighted by Gasteiger charge is 2.30. The molecule has 0 spiro atoms. The summed E-state index contributed by atoms with van der Waals surface area (Å²) in [5.74, 6) is 1.06. The molecule has 0 radical (unpaired) electrons. The van der Waals surface area contributed by atoms with E-state index in [0.29, 0.717) is 33.3 Å². The Morgan fingerprint density at radius 1 is 1.07 bits per heavy atom. The Morgan fingerprint density at radius 2 is 1.79 bits per heavy atom. The molecule has 0 saturated heterocycles. The minimum Gasteiger partial charge on any atom is -0.496 e. The highest BCUT2D eigenvalue weighted by atomic mass is 35.5. The normalized spacial score (nSPS) is 14.5. The number of anilines is 1. The second-order valence-electron chi connectivity index (χ2n) is 11.2. The van der Waals surface area contributed by atoms with Crippen molar-refractivity contribution in [2.24, 2.45) is 5.92 Å². The maximum atomic E-state index is 14.0. The summed E-state index contributed by atoms with van der Waals surface area (Å²) in [7, 11) is 4.52. The number of aryl methyl sites for hydroxylation is 2. The lowest BCUT2D eigenvalue weighted by molar-refractivity contribution is -0.141. The van der Waals surface area contributed by atoms with Crippen molar-refractivity contribution in [2.75, 3.05) is 26.6 Å². The number of halogens is 1. The van der Waals surface area contributed by atoms with Crippen LogP contribution in [0.25, 0.3) is 22.2 Å². The Balaban J connectivity index is 1.60. The van der Waals surface area contributed by atoms with Gasteiger partial charge < -0.3 is 18.8 Å². The number of amides is 1. The molecule has 43 heavy (non-hydrogen) atoms. The van der Waals surface area contributed by atoms with E-state index in [1.165, 1.54) is 37.7 Å². The zero-order valence-electron chi connectivity index (χ0n) is 25.5. The molecule has 10 heteroatoms. The predicted octanol–water partition coefficient (Wildman–Crippen LogP) is 8.16. The molecule has 2 aromatic carbocycles. The minimum absolute atomic E-state index is 0.0818. The standard InChI is InChI=1S/C33H38ClN3O5S/c1-18-12-13-25-22(14-18)20(3)30(37(25)17-28(38)42-6)32(39)36-33-35-29(23-15-27(41-5)24(34)16-26(23)40-4)31(43-33)19(2)21-10-8-7-9-11-21/h12-16,19,21H,7-11,17H2,1-6H3,(H,35,36,39). The molecule has 1 aliphatic carbocycles. The number of benzene rings is 2. The molecule has 1 N–H and O–H groups in total. The fourth-order valence-electron chi connectivity index (χ4n) is 6.22. The summed E-state index contributed by atoms with van der Waals surface area (Å²) < 4.78 is 17.9. The summed E-state index contributed by atoms with van der Waals surface area (Å²) >= 11 is 7.92. The first kappa shape index (κ1) is 30.9. The van der Waals surface area contributed by atoms with Gasteiger partial charge in [-0.05, 0) is 62.3 Å². The Bertz CT molecular complexity index is 1670. The highest BCUT2D eigenvalue weighted by Crippen LogP contribution is 2.47. The molecule has 4 aromatic rings. The van der Waals surface area contributed by atoms with E-state index in [-0.39, 0.29) is 18.4 Å². The van der Waals surface area contributed by atoms with E-state index in [1.54, 1.807) is 24.9 Å². The quantitative estimate of drug-likeness (QED) is 0.189. The van der Waals surface area contributed by atoms with Crippen molar-refractivity contribution >= 4 is 50.8 Å². The van der Waals surface area contributed by atoms with Crippen molar-refractivity contribution in [3.8, 4) is 22.8 Å². The van der Waals surface area contributed by atoms with Crippen LogP contribution in [0.1, 0.15) is 71.4 Å². The number of fused-ring (bicyclic) bond motifs is 1. The van der Waals surface area contributed by atoms with E-state index in [0.717, 1.165) is 51.0 Å². The molecule has 1 amide bonds. The summed E-state index contributed by atoms with van der Waals surface area (Å²) in [6, 6.07) is 9.51. The van der Waals surface area contributed by atoms with Gasteiger partial charge in [0.2, 0.25) is 0 Å². The van der Waals surface area contributed by atoms with Gasteiger partial charge >= 0.3 is 5.97 Å². The first-order valence-corrected chi connectivity index (χ1v) is 15.8. The average molecular weight is 624 g/mol. The number of carbonyl (C=O) groups excluding carboxylic acids is 2. The molecule has 1 saturated carbocycles. The van der Waals surface area contributed by atoms with Crippen LogP contribution in [-0.2, 0) is 16.1 Å². The molecule has 1 unspecified atom stereocenters. The molecule has 8 nitrogen and oxygen atoms in total. The largest absolute Gasteiger partial charge is 0.496 e. The number of rotatable bonds is 9. The van der Waals surface area contributed by atoms with E-state index >= 15 is 0 Å². The Hall–Kier alpha value is -3.56. The maximum absolute atomic E-state index is 14.0. The smallest absolute Gasteiger partial charge is 0.325 e. The zero-order chi connectivity index (χ0) is 30.8. The van der Waals surface area contributed by atoms with Crippen LogP contribution >= 0.6 is 22.9 Å². The van der Waals surface area contributed by atoms with Gasteiger partial charge in [0.05, 0.1) is 32.0 Å². The number of methoxy groups -OCH3 is 3. The molecule has 0 bridgehead atoms. The minimum atomic E-state index is -0.435. The van der Waals surface area contributed by atoms with Gasteiger partial charge in [0.1, 0.15) is 23.7 Å². The highest BCUT2D eigenvalue weighted by molar-refractivity contribution is 7.16. The molecular weight excluding hydrogens is 586 g/mol. The summed E-state index contributed by atoms with van der Waals surface area (Å²) in [5.41, 5.74) is 4.54. The monoisotopic (exact) mass is 623 g/mol. The van der Waals surface area contributed by atoms with Crippen molar-refractivity contribution in [3.63, 3.8) is 0 Å². The van der Waals surface area contributed by atoms with Gasteiger partial charge in [0, 0.05) is 27.4 Å². The number of thiazole rings is 1. The molecule has 0 aliphatic heterocycles. The summed E-state index contributed by atoms with van der Waals surface area (Å²) in [6.45, 7) is 6.07. The van der Waals surface area contributed by atoms with E-state index in [4.69, 9.17) is 30.8 Å². The molecular formula is C33H38ClN3O5S. The lowest BCUT2D eigenvalue weighted by atomic mass is 9.79. The topological polar surface area (TPSA) is 91.7 Å². The number of nitrogens with zero attached hydrogens (tertiary/aromatic N) is 2. The Kier molecular flexibility index (Phi) is 9.32. The molecule has 1 fully saturated rings. The van der Waals surface area contributed by atoms with Gasteiger partial charge in [-0.1, -0.05) is 49.4 Å². The Morgan fingerprint density at radius 3 is 2.47 bits per heavy atom. The third-order valence-corrected chi connectivity index (χ3v) is 10.0. The number of nitrogens with one attached hydrogen (secondary N) is 1. The lowest BCUT2D eigenvalue weighted by Gasteiger charge is -2.27. The third-order valence-electron chi connectivity index (χ3n) is 8.58. The fourth-order valence-corrected chi connectivity index (χ4v) is 7.57. The maximum Gasteiger partial charge on any atom is 0.325 e. The van der Waals surface area contributed by atoms with Crippen LogP contribution in [0.5, 0.6) is 11.5 Å². The van der Waals surface area contributed by atoms with Crippen LogP contribution in [0.3, 0.4) is 0 Å². The van der Waals surface area contributed by atoms with E-state index in [2.05, 4.69) is 12.2 Å². The molecule has 2 aromatic heterocycles. The van der Waals surface area contributed by atoms with Gasteiger partial charge in [0.25, 0.3) is 5.91 Å². The molecule has 5 rings (SSSR count). The fraction of sp³-hybridized carbons (Fsp3) is 0.424. The summed E-state index contributed by atoms with van der Waals surface area (Å²) in [5, 5.41) is 4.90. The van der Waals surface area contributed by atoms with E-state index in [9.17, 15) is 9.59 Å². The molecule has 2 heterocycles. The van der Waals surface area contributed by atoms with Crippen LogP contribution in [0.4, 0.5) is 5.13 Å². The van der Waals surface area contributed by atoms with Gasteiger partial charge in [-0.15, -0.1) is 11.3 Å². The third kappa shape index (κ3) is 6.10. The lowest BCUT2D eigenvalue weighted by Crippen LogP contribution is -2.21. The summed E-state index contributed by atoms with van der Waals surface area (Å²) in [6.07, 6.45) is 6.02. The summed E-state index contributed by atoms with van der Waals surface area (Å²) in [4.78, 5) is 32.4. The van der Waals surface area contributed by atoms with Gasteiger partial charge in [-0.25, -0.2) is 4.98 Å². The van der Waals surface area contributed by atoms with E-state index < -0.39 is 5.97 Å². The second-order valence-corrected chi connectivity index (χ2v) is 12.7. The number of hydrogen-bond donors (Lipinski definition) is 1. The number of hydrogen-bond acceptors (Lipinski definition) is 7. The van der Waals surface area contributed by atoms with Crippen molar-refractivity contribution in [1.29, 1.82) is 0 Å². The van der Waals surface area contributed by atoms with Crippen LogP contribution in [0, 0.1) is 19.8 Å². The van der Waals surface area contributed by atoms with Crippen LogP contribution < -0.4 is 14.8 Å². The SMILES string of the molecule is COC(=O)Cn1c(C(=O)Nc2nc(-c3cc(OC)c(Cl)cc3OC)c(C(C)C3CCCCC3)s2)c(C)c2cc(C)ccc21. The van der Waals surface area contributed by atoms with Crippen LogP contribution in [0.15, 0.2) is 30.3 Å². The zero-order valence-corrected chi connectivity index (χ0v) is 27.1. The van der Waals surface area contributed by atoms with Crippen molar-refractivity contribution in [1.82, 2.24) is 9.55 Å². The van der Waals surface area contributed by atoms with Gasteiger partial charge in [-0.2, -0.15) is 0 Å². The predicted molar refractivity (Wildman–Crippen MR) is 172 cm³/mol. The van der Waals surface area contributed by atoms with Crippen molar-refractivity contribution < 1.29 is 23.8 Å². The number of carbonyl (C=O) groups is 2. The molecule has 1 atom stereocenters. The number of ether oxygens (including phenoxy) is 3. The van der Waals surface area contributed by atoms with Gasteiger partial charge in [-0.3, -0.25) is 14.9 Å². The average Bonchev–Trinajstić information content (AvgIpc) is 3.54. The number of aromatic nitrogens is 2. The first-order valence-electron chi connectivity index (χ1n) is 14.6. The van der Waals surface area contributed by atoms with Crippen LogP contribution in [0.2, 0.25) is 5.02 Å². The van der Waals surface area contributed by atoms with Crippen molar-refractivity contribution in [3.05, 3.63) is 57.1 Å². The first-order chi connectivity index (χ1) is 20.7. The second kappa shape index (κ2) is 13.0. The number of esters is 1. The molecule has 228 valence electrons. The Labute approximate surface area is 261 Å². The van der Waals surface area contributed by atoms with Crippen LogP contribution in [-0.4, -0.2) is 42.8 Å².